The fraction of sp³-hybridized carbons (Fsp3) is 0.833. The second kappa shape index (κ2) is 6.29. The molecule has 9 heteroatoms. The molecule has 2 N–H and O–H groups in total. The third-order valence-corrected chi connectivity index (χ3v) is 4.06. The highest BCUT2D eigenvalue weighted by Crippen LogP contribution is 2.27. The van der Waals surface area contributed by atoms with Gasteiger partial charge in [0.05, 0.1) is 25.3 Å². The quantitative estimate of drug-likeness (QED) is 0.656. The normalized spacial score (nSPS) is 31.6. The molecular weight excluding hydrogens is 298 g/mol. The molecule has 2 saturated heterocycles. The van der Waals surface area contributed by atoms with Crippen molar-refractivity contribution >= 4 is 21.5 Å². The summed E-state index contributed by atoms with van der Waals surface area (Å²) in [6, 6.07) is -0.467. The maximum atomic E-state index is 11.8. The van der Waals surface area contributed by atoms with Crippen LogP contribution in [0.25, 0.3) is 0 Å². The lowest BCUT2D eigenvalue weighted by Crippen LogP contribution is -2.47. The zero-order valence-electron chi connectivity index (χ0n) is 12.3. The summed E-state index contributed by atoms with van der Waals surface area (Å²) in [5.74, 6) is -0.452. The van der Waals surface area contributed by atoms with Gasteiger partial charge in [0.2, 0.25) is 11.8 Å². The first-order valence-corrected chi connectivity index (χ1v) is 9.02. The van der Waals surface area contributed by atoms with E-state index < -0.39 is 9.73 Å². The van der Waals surface area contributed by atoms with Crippen LogP contribution in [-0.2, 0) is 28.8 Å². The monoisotopic (exact) mass is 319 g/mol. The second-order valence-electron chi connectivity index (χ2n) is 5.55. The highest BCUT2D eigenvalue weighted by molar-refractivity contribution is 7.92. The van der Waals surface area contributed by atoms with Gasteiger partial charge >= 0.3 is 0 Å². The molecule has 2 aliphatic heterocycles. The first kappa shape index (κ1) is 16.2. The number of hydrogen-bond donors (Lipinski definition) is 2. The third-order valence-electron chi connectivity index (χ3n) is 3.31. The Kier molecular flexibility index (Phi) is 4.84. The summed E-state index contributed by atoms with van der Waals surface area (Å²) in [6.45, 7) is 1.99. The number of hydrogen-bond acceptors (Lipinski definition) is 6. The van der Waals surface area contributed by atoms with Crippen molar-refractivity contribution in [2.45, 2.75) is 31.2 Å². The molecule has 2 aliphatic rings. The van der Waals surface area contributed by atoms with Crippen molar-refractivity contribution in [1.29, 1.82) is 0 Å². The first-order chi connectivity index (χ1) is 9.76. The summed E-state index contributed by atoms with van der Waals surface area (Å²) in [6.07, 6.45) is 2.43. The Morgan fingerprint density at radius 1 is 1.14 bits per heavy atom. The van der Waals surface area contributed by atoms with E-state index in [1.807, 2.05) is 0 Å². The number of rotatable bonds is 4. The van der Waals surface area contributed by atoms with E-state index in [-0.39, 0.29) is 42.7 Å². The maximum Gasteiger partial charge on any atom is 0.242 e. The van der Waals surface area contributed by atoms with Crippen LogP contribution in [0.5, 0.6) is 0 Å². The molecule has 0 aliphatic carbocycles. The van der Waals surface area contributed by atoms with Crippen LogP contribution < -0.4 is 10.6 Å². The molecule has 0 aromatic carbocycles. The average Bonchev–Trinajstić information content (AvgIpc) is 2.90. The van der Waals surface area contributed by atoms with Crippen molar-refractivity contribution in [1.82, 2.24) is 10.6 Å². The highest BCUT2D eigenvalue weighted by atomic mass is 32.2. The number of ether oxygens (including phenoxy) is 2. The van der Waals surface area contributed by atoms with Crippen LogP contribution in [-0.4, -0.2) is 72.6 Å². The molecule has 0 saturated carbocycles. The van der Waals surface area contributed by atoms with Crippen molar-refractivity contribution in [3.8, 4) is 0 Å². The van der Waals surface area contributed by atoms with Gasteiger partial charge in [-0.3, -0.25) is 13.8 Å². The maximum absolute atomic E-state index is 11.8. The molecule has 0 bridgehead atoms. The summed E-state index contributed by atoms with van der Waals surface area (Å²) in [5.41, 5.74) is 0. The zero-order chi connectivity index (χ0) is 15.6. The second-order valence-corrected chi connectivity index (χ2v) is 8.17. The number of amides is 2. The molecule has 0 aromatic rings. The number of carbonyl (C=O) groups is 2. The van der Waals surface area contributed by atoms with Crippen LogP contribution in [0.15, 0.2) is 4.36 Å². The van der Waals surface area contributed by atoms with E-state index in [0.29, 0.717) is 13.2 Å². The lowest BCUT2D eigenvalue weighted by molar-refractivity contribution is -0.121. The molecule has 4 atom stereocenters. The van der Waals surface area contributed by atoms with Crippen LogP contribution in [0, 0.1) is 0 Å². The van der Waals surface area contributed by atoms with Gasteiger partial charge in [-0.05, 0) is 0 Å². The topological polar surface area (TPSA) is 106 Å². The summed E-state index contributed by atoms with van der Waals surface area (Å²) >= 11 is 0. The Bertz CT molecular complexity index is 535. The Morgan fingerprint density at radius 3 is 2.14 bits per heavy atom. The van der Waals surface area contributed by atoms with Gasteiger partial charge in [-0.25, -0.2) is 4.36 Å². The lowest BCUT2D eigenvalue weighted by atomic mass is 10.1. The standard InChI is InChI=1S/C12H21N3O5S/c1-7(16)14-8-5-19-12-9(6-20-11(8)12)15-10(17)4-13-21(2,3)18/h8-9,11-12H,4-6H2,1-3H3,(H,14,16)(H,15,17)/t8-,9-,11+,12+/m0/s1. The Hall–Kier alpha value is -1.19. The molecule has 2 rings (SSSR count). The minimum absolute atomic E-state index is 0.139. The Morgan fingerprint density at radius 2 is 1.67 bits per heavy atom. The summed E-state index contributed by atoms with van der Waals surface area (Å²) in [7, 11) is -2.29. The van der Waals surface area contributed by atoms with Crippen molar-refractivity contribution in [3.63, 3.8) is 0 Å². The van der Waals surface area contributed by atoms with E-state index in [9.17, 15) is 13.8 Å². The molecule has 0 spiro atoms. The molecular formula is C12H21N3O5S. The van der Waals surface area contributed by atoms with Crippen molar-refractivity contribution < 1.29 is 23.3 Å². The summed E-state index contributed by atoms with van der Waals surface area (Å²) in [4.78, 5) is 22.9. The third kappa shape index (κ3) is 4.39. The summed E-state index contributed by atoms with van der Waals surface area (Å²) < 4.78 is 26.5. The number of nitrogens with zero attached hydrogens (tertiary/aromatic N) is 1. The Balaban J connectivity index is 1.88. The lowest BCUT2D eigenvalue weighted by Gasteiger charge is -2.17. The predicted molar refractivity (Wildman–Crippen MR) is 76.3 cm³/mol. The molecule has 0 aromatic heterocycles. The van der Waals surface area contributed by atoms with Crippen LogP contribution in [0.2, 0.25) is 0 Å². The van der Waals surface area contributed by atoms with Gasteiger partial charge in [0.15, 0.2) is 0 Å². The first-order valence-electron chi connectivity index (χ1n) is 6.69. The van der Waals surface area contributed by atoms with Crippen LogP contribution in [0.1, 0.15) is 6.92 Å². The van der Waals surface area contributed by atoms with Gasteiger partial charge in [-0.2, -0.15) is 0 Å². The van der Waals surface area contributed by atoms with Crippen LogP contribution in [0.3, 0.4) is 0 Å². The number of nitrogens with one attached hydrogen (secondary N) is 2. The minimum Gasteiger partial charge on any atom is -0.371 e. The van der Waals surface area contributed by atoms with E-state index in [0.717, 1.165) is 0 Å². The van der Waals surface area contributed by atoms with E-state index in [4.69, 9.17) is 9.47 Å². The van der Waals surface area contributed by atoms with Gasteiger partial charge in [0, 0.05) is 29.2 Å². The van der Waals surface area contributed by atoms with E-state index >= 15 is 0 Å². The fourth-order valence-electron chi connectivity index (χ4n) is 2.47. The van der Waals surface area contributed by atoms with Crippen LogP contribution >= 0.6 is 0 Å². The van der Waals surface area contributed by atoms with Gasteiger partial charge < -0.3 is 20.1 Å². The highest BCUT2D eigenvalue weighted by Gasteiger charge is 2.48. The molecule has 21 heavy (non-hydrogen) atoms. The van der Waals surface area contributed by atoms with Gasteiger partial charge in [-0.1, -0.05) is 0 Å². The minimum atomic E-state index is -2.29. The summed E-state index contributed by atoms with van der Waals surface area (Å²) in [5, 5.41) is 5.55. The molecule has 2 fully saturated rings. The Labute approximate surface area is 124 Å². The molecule has 2 amide bonds. The van der Waals surface area contributed by atoms with Gasteiger partial charge in [0.25, 0.3) is 0 Å². The van der Waals surface area contributed by atoms with Crippen molar-refractivity contribution in [2.24, 2.45) is 4.36 Å². The van der Waals surface area contributed by atoms with Gasteiger partial charge in [-0.15, -0.1) is 0 Å². The fourth-order valence-corrected chi connectivity index (χ4v) is 2.90. The molecule has 2 heterocycles. The number of fused-ring (bicyclic) bond motifs is 1. The van der Waals surface area contributed by atoms with Crippen LogP contribution in [0.4, 0.5) is 0 Å². The van der Waals surface area contributed by atoms with E-state index in [1.54, 1.807) is 0 Å². The van der Waals surface area contributed by atoms with E-state index in [2.05, 4.69) is 15.0 Å². The molecule has 0 radical (unpaired) electrons. The smallest absolute Gasteiger partial charge is 0.242 e. The van der Waals surface area contributed by atoms with Gasteiger partial charge in [0.1, 0.15) is 18.8 Å². The average molecular weight is 319 g/mol. The largest absolute Gasteiger partial charge is 0.371 e. The predicted octanol–water partition coefficient (Wildman–Crippen LogP) is -1.50. The number of carbonyl (C=O) groups excluding carboxylic acids is 2. The molecule has 8 nitrogen and oxygen atoms in total. The zero-order valence-corrected chi connectivity index (χ0v) is 13.1. The van der Waals surface area contributed by atoms with Crippen molar-refractivity contribution in [3.05, 3.63) is 0 Å². The molecule has 120 valence electrons. The van der Waals surface area contributed by atoms with Crippen molar-refractivity contribution in [2.75, 3.05) is 32.3 Å². The molecule has 0 unspecified atom stereocenters. The SMILES string of the molecule is CC(=O)N[C@H]1CO[C@H]2[C@@H]1OC[C@@H]2NC(=O)CN=S(C)(C)=O. The van der Waals surface area contributed by atoms with E-state index in [1.165, 1.54) is 19.4 Å².